The average molecular weight is 241 g/mol. The predicted octanol–water partition coefficient (Wildman–Crippen LogP) is 0.785. The van der Waals surface area contributed by atoms with Crippen LogP contribution >= 0.6 is 0 Å². The summed E-state index contributed by atoms with van der Waals surface area (Å²) in [6.45, 7) is 11.2. The number of nitrogens with one attached hydrogen (secondary N) is 1. The van der Waals surface area contributed by atoms with Gasteiger partial charge in [0.05, 0.1) is 6.04 Å². The number of piperazine rings is 1. The number of hydrogen-bond donors (Lipinski definition) is 1. The molecule has 1 aliphatic heterocycles. The molecule has 1 heterocycles. The number of carbonyl (C=O) groups excluding carboxylic acids is 1. The van der Waals surface area contributed by atoms with E-state index in [-0.39, 0.29) is 11.9 Å². The predicted molar refractivity (Wildman–Crippen MR) is 71.0 cm³/mol. The van der Waals surface area contributed by atoms with E-state index in [0.717, 1.165) is 39.1 Å². The lowest BCUT2D eigenvalue weighted by atomic mass is 10.1. The number of carbonyl (C=O) groups is 1. The maximum absolute atomic E-state index is 12.3. The summed E-state index contributed by atoms with van der Waals surface area (Å²) in [6, 6.07) is 0.0196. The van der Waals surface area contributed by atoms with Crippen molar-refractivity contribution in [3.05, 3.63) is 0 Å². The molecule has 0 radical (unpaired) electrons. The van der Waals surface area contributed by atoms with E-state index in [4.69, 9.17) is 0 Å². The number of likely N-dealkylation sites (N-methyl/N-ethyl adjacent to an activating group) is 1. The van der Waals surface area contributed by atoms with E-state index in [0.29, 0.717) is 5.92 Å². The largest absolute Gasteiger partial charge is 0.344 e. The Bertz CT molecular complexity index is 239. The van der Waals surface area contributed by atoms with Crippen LogP contribution < -0.4 is 5.32 Å². The van der Waals surface area contributed by atoms with E-state index >= 15 is 0 Å². The summed E-state index contributed by atoms with van der Waals surface area (Å²) in [7, 11) is 1.92. The van der Waals surface area contributed by atoms with Crippen molar-refractivity contribution in [3.8, 4) is 0 Å². The van der Waals surface area contributed by atoms with Gasteiger partial charge in [0, 0.05) is 39.8 Å². The van der Waals surface area contributed by atoms with Crippen LogP contribution in [-0.2, 0) is 4.79 Å². The van der Waals surface area contributed by atoms with Gasteiger partial charge in [0.15, 0.2) is 0 Å². The van der Waals surface area contributed by atoms with Crippen LogP contribution in [0.15, 0.2) is 0 Å². The molecule has 0 spiro atoms. The van der Waals surface area contributed by atoms with Crippen LogP contribution in [0.3, 0.4) is 0 Å². The third-order valence-electron chi connectivity index (χ3n) is 3.72. The monoisotopic (exact) mass is 241 g/mol. The smallest absolute Gasteiger partial charge is 0.239 e. The second-order valence-corrected chi connectivity index (χ2v) is 5.19. The second kappa shape index (κ2) is 6.97. The van der Waals surface area contributed by atoms with Crippen LogP contribution in [-0.4, -0.2) is 61.5 Å². The van der Waals surface area contributed by atoms with Crippen molar-refractivity contribution in [2.24, 2.45) is 5.92 Å². The summed E-state index contributed by atoms with van der Waals surface area (Å²) in [5, 5.41) is 3.31. The van der Waals surface area contributed by atoms with Gasteiger partial charge < -0.3 is 10.2 Å². The van der Waals surface area contributed by atoms with Gasteiger partial charge in [0.25, 0.3) is 0 Å². The number of amides is 1. The van der Waals surface area contributed by atoms with Crippen molar-refractivity contribution in [1.29, 1.82) is 0 Å². The fourth-order valence-electron chi connectivity index (χ4n) is 2.23. The Morgan fingerprint density at radius 3 is 2.47 bits per heavy atom. The fourth-order valence-corrected chi connectivity index (χ4v) is 2.23. The Labute approximate surface area is 105 Å². The van der Waals surface area contributed by atoms with Gasteiger partial charge in [-0.25, -0.2) is 0 Å². The molecule has 1 aliphatic rings. The first-order valence-corrected chi connectivity index (χ1v) is 6.76. The summed E-state index contributed by atoms with van der Waals surface area (Å²) in [6.07, 6.45) is 1.12. The van der Waals surface area contributed by atoms with Crippen LogP contribution in [0.4, 0.5) is 0 Å². The number of rotatable bonds is 5. The first kappa shape index (κ1) is 14.5. The molecule has 1 amide bonds. The number of hydrogen-bond acceptors (Lipinski definition) is 3. The standard InChI is InChI=1S/C13H27N3O/c1-5-11(2)10-15(4)13(17)12(3)16-8-6-14-7-9-16/h11-12,14H,5-10H2,1-4H3. The summed E-state index contributed by atoms with van der Waals surface area (Å²) in [5.74, 6) is 0.839. The second-order valence-electron chi connectivity index (χ2n) is 5.19. The van der Waals surface area contributed by atoms with Gasteiger partial charge in [-0.3, -0.25) is 9.69 Å². The van der Waals surface area contributed by atoms with E-state index in [1.807, 2.05) is 18.9 Å². The SMILES string of the molecule is CCC(C)CN(C)C(=O)C(C)N1CCNCC1. The lowest BCUT2D eigenvalue weighted by Crippen LogP contribution is -2.53. The Morgan fingerprint density at radius 1 is 1.35 bits per heavy atom. The molecule has 0 aliphatic carbocycles. The van der Waals surface area contributed by atoms with Gasteiger partial charge in [0.2, 0.25) is 5.91 Å². The molecule has 0 aromatic carbocycles. The molecule has 1 fully saturated rings. The highest BCUT2D eigenvalue weighted by Crippen LogP contribution is 2.08. The highest BCUT2D eigenvalue weighted by molar-refractivity contribution is 5.81. The van der Waals surface area contributed by atoms with Crippen LogP contribution in [0.2, 0.25) is 0 Å². The van der Waals surface area contributed by atoms with Crippen molar-refractivity contribution >= 4 is 5.91 Å². The van der Waals surface area contributed by atoms with E-state index in [1.165, 1.54) is 0 Å². The highest BCUT2D eigenvalue weighted by Gasteiger charge is 2.25. The first-order chi connectivity index (χ1) is 8.06. The lowest BCUT2D eigenvalue weighted by molar-refractivity contribution is -0.135. The summed E-state index contributed by atoms with van der Waals surface area (Å²) < 4.78 is 0. The van der Waals surface area contributed by atoms with Gasteiger partial charge in [-0.2, -0.15) is 0 Å². The molecule has 0 bridgehead atoms. The van der Waals surface area contributed by atoms with Crippen LogP contribution in [0.5, 0.6) is 0 Å². The normalized spacial score (nSPS) is 20.9. The average Bonchev–Trinajstić information content (AvgIpc) is 2.37. The minimum Gasteiger partial charge on any atom is -0.344 e. The Balaban J connectivity index is 2.44. The van der Waals surface area contributed by atoms with Crippen LogP contribution in [0.25, 0.3) is 0 Å². The van der Waals surface area contributed by atoms with Gasteiger partial charge in [-0.05, 0) is 12.8 Å². The van der Waals surface area contributed by atoms with Crippen molar-refractivity contribution in [2.45, 2.75) is 33.2 Å². The van der Waals surface area contributed by atoms with Crippen molar-refractivity contribution in [2.75, 3.05) is 39.8 Å². The maximum atomic E-state index is 12.3. The summed E-state index contributed by atoms with van der Waals surface area (Å²) >= 11 is 0. The van der Waals surface area contributed by atoms with Crippen molar-refractivity contribution in [1.82, 2.24) is 15.1 Å². The van der Waals surface area contributed by atoms with Crippen molar-refractivity contribution < 1.29 is 4.79 Å². The molecule has 0 saturated carbocycles. The molecule has 17 heavy (non-hydrogen) atoms. The molecule has 4 nitrogen and oxygen atoms in total. The van der Waals surface area contributed by atoms with Gasteiger partial charge in [0.1, 0.15) is 0 Å². The molecular formula is C13H27N3O. The minimum absolute atomic E-state index is 0.0196. The van der Waals surface area contributed by atoms with E-state index in [1.54, 1.807) is 0 Å². The summed E-state index contributed by atoms with van der Waals surface area (Å²) in [5.41, 5.74) is 0. The van der Waals surface area contributed by atoms with Crippen LogP contribution in [0.1, 0.15) is 27.2 Å². The summed E-state index contributed by atoms with van der Waals surface area (Å²) in [4.78, 5) is 16.4. The molecule has 1 N–H and O–H groups in total. The third-order valence-corrected chi connectivity index (χ3v) is 3.72. The highest BCUT2D eigenvalue weighted by atomic mass is 16.2. The molecule has 4 heteroatoms. The molecule has 0 aromatic heterocycles. The maximum Gasteiger partial charge on any atom is 0.239 e. The topological polar surface area (TPSA) is 35.6 Å². The zero-order valence-electron chi connectivity index (χ0n) is 11.7. The van der Waals surface area contributed by atoms with Crippen LogP contribution in [0, 0.1) is 5.92 Å². The quantitative estimate of drug-likeness (QED) is 0.773. The van der Waals surface area contributed by atoms with E-state index in [2.05, 4.69) is 24.1 Å². The zero-order valence-corrected chi connectivity index (χ0v) is 11.7. The number of nitrogens with zero attached hydrogens (tertiary/aromatic N) is 2. The molecule has 2 unspecified atom stereocenters. The molecular weight excluding hydrogens is 214 g/mol. The van der Waals surface area contributed by atoms with Gasteiger partial charge in [-0.1, -0.05) is 20.3 Å². The Morgan fingerprint density at radius 2 is 1.94 bits per heavy atom. The first-order valence-electron chi connectivity index (χ1n) is 6.76. The third kappa shape index (κ3) is 4.28. The molecule has 1 rings (SSSR count). The van der Waals surface area contributed by atoms with E-state index < -0.39 is 0 Å². The lowest BCUT2D eigenvalue weighted by Gasteiger charge is -2.34. The van der Waals surface area contributed by atoms with Gasteiger partial charge in [-0.15, -0.1) is 0 Å². The molecule has 0 aromatic rings. The fraction of sp³-hybridized carbons (Fsp3) is 0.923. The molecule has 1 saturated heterocycles. The zero-order chi connectivity index (χ0) is 12.8. The van der Waals surface area contributed by atoms with Gasteiger partial charge >= 0.3 is 0 Å². The van der Waals surface area contributed by atoms with Crippen molar-refractivity contribution in [3.63, 3.8) is 0 Å². The Hall–Kier alpha value is -0.610. The Kier molecular flexibility index (Phi) is 5.92. The van der Waals surface area contributed by atoms with E-state index in [9.17, 15) is 4.79 Å². The molecule has 2 atom stereocenters. The minimum atomic E-state index is 0.0196. The molecule has 100 valence electrons.